The lowest BCUT2D eigenvalue weighted by Crippen LogP contribution is -1.99. The zero-order chi connectivity index (χ0) is 11.0. The molecule has 2 aromatic carbocycles. The second-order valence-electron chi connectivity index (χ2n) is 4.09. The molecule has 0 radical (unpaired) electrons. The Balaban J connectivity index is 2.15. The molecule has 0 bridgehead atoms. The molecule has 2 heteroatoms. The number of fused-ring (bicyclic) bond motifs is 2. The Labute approximate surface area is 94.6 Å². The first-order valence-electron chi connectivity index (χ1n) is 5.46. The van der Waals surface area contributed by atoms with Crippen LogP contribution in [0.3, 0.4) is 0 Å². The van der Waals surface area contributed by atoms with E-state index in [9.17, 15) is 5.11 Å². The summed E-state index contributed by atoms with van der Waals surface area (Å²) < 4.78 is 0. The number of hydrogen-bond acceptors (Lipinski definition) is 2. The van der Waals surface area contributed by atoms with Gasteiger partial charge in [0.05, 0.1) is 6.10 Å². The third kappa shape index (κ3) is 1.48. The Morgan fingerprint density at radius 1 is 0.938 bits per heavy atom. The minimum atomic E-state index is -0.424. The SMILES string of the molecule is OC1Cc2ccccc2Nc2ccccc21. The zero-order valence-corrected chi connectivity index (χ0v) is 8.85. The Bertz CT molecular complexity index is 522. The maximum Gasteiger partial charge on any atom is 0.0851 e. The van der Waals surface area contributed by atoms with Crippen molar-refractivity contribution in [1.29, 1.82) is 0 Å². The molecule has 3 rings (SSSR count). The summed E-state index contributed by atoms with van der Waals surface area (Å²) >= 11 is 0. The van der Waals surface area contributed by atoms with E-state index in [0.29, 0.717) is 6.42 Å². The van der Waals surface area contributed by atoms with Crippen LogP contribution in [0, 0.1) is 0 Å². The molecule has 0 spiro atoms. The number of anilines is 2. The highest BCUT2D eigenvalue weighted by atomic mass is 16.3. The zero-order valence-electron chi connectivity index (χ0n) is 8.85. The fraction of sp³-hybridized carbons (Fsp3) is 0.143. The molecule has 0 saturated carbocycles. The first-order valence-corrected chi connectivity index (χ1v) is 5.46. The lowest BCUT2D eigenvalue weighted by molar-refractivity contribution is 0.180. The normalized spacial score (nSPS) is 17.9. The van der Waals surface area contributed by atoms with Gasteiger partial charge in [0.25, 0.3) is 0 Å². The minimum Gasteiger partial charge on any atom is -0.388 e. The highest BCUT2D eigenvalue weighted by Crippen LogP contribution is 2.34. The van der Waals surface area contributed by atoms with Gasteiger partial charge in [0, 0.05) is 23.4 Å². The number of rotatable bonds is 0. The molecule has 1 atom stereocenters. The summed E-state index contributed by atoms with van der Waals surface area (Å²) in [5, 5.41) is 13.5. The Morgan fingerprint density at radius 2 is 1.62 bits per heavy atom. The molecule has 0 aliphatic carbocycles. The van der Waals surface area contributed by atoms with Crippen LogP contribution in [0.4, 0.5) is 11.4 Å². The first kappa shape index (κ1) is 9.43. The van der Waals surface area contributed by atoms with Crippen LogP contribution < -0.4 is 5.32 Å². The van der Waals surface area contributed by atoms with E-state index in [1.807, 2.05) is 42.5 Å². The summed E-state index contributed by atoms with van der Waals surface area (Å²) in [5.74, 6) is 0. The predicted molar refractivity (Wildman–Crippen MR) is 64.8 cm³/mol. The Hall–Kier alpha value is -1.80. The standard InChI is InChI=1S/C14H13NO/c16-14-9-10-5-1-3-7-12(10)15-13-8-4-2-6-11(13)14/h1-8,14-16H,9H2. The fourth-order valence-electron chi connectivity index (χ4n) is 2.19. The quantitative estimate of drug-likeness (QED) is 0.702. The Kier molecular flexibility index (Phi) is 2.15. The second kappa shape index (κ2) is 3.65. The van der Waals surface area contributed by atoms with Gasteiger partial charge in [0.15, 0.2) is 0 Å². The van der Waals surface area contributed by atoms with Crippen molar-refractivity contribution in [2.24, 2.45) is 0 Å². The van der Waals surface area contributed by atoms with Crippen molar-refractivity contribution in [2.75, 3.05) is 5.32 Å². The van der Waals surface area contributed by atoms with E-state index < -0.39 is 6.10 Å². The molecule has 0 aromatic heterocycles. The van der Waals surface area contributed by atoms with E-state index in [1.165, 1.54) is 0 Å². The van der Waals surface area contributed by atoms with Crippen LogP contribution in [0.2, 0.25) is 0 Å². The van der Waals surface area contributed by atoms with E-state index in [4.69, 9.17) is 0 Å². The van der Waals surface area contributed by atoms with Crippen LogP contribution in [-0.2, 0) is 6.42 Å². The molecular weight excluding hydrogens is 198 g/mol. The van der Waals surface area contributed by atoms with Gasteiger partial charge in [0.1, 0.15) is 0 Å². The highest BCUT2D eigenvalue weighted by molar-refractivity contribution is 5.68. The summed E-state index contributed by atoms with van der Waals surface area (Å²) in [6, 6.07) is 16.0. The Morgan fingerprint density at radius 3 is 2.50 bits per heavy atom. The number of para-hydroxylation sites is 2. The lowest BCUT2D eigenvalue weighted by atomic mass is 10.0. The van der Waals surface area contributed by atoms with Crippen LogP contribution in [0.1, 0.15) is 17.2 Å². The van der Waals surface area contributed by atoms with Gasteiger partial charge in [-0.1, -0.05) is 36.4 Å². The topological polar surface area (TPSA) is 32.3 Å². The molecule has 0 fully saturated rings. The number of aliphatic hydroxyl groups is 1. The van der Waals surface area contributed by atoms with Crippen LogP contribution >= 0.6 is 0 Å². The van der Waals surface area contributed by atoms with Gasteiger partial charge in [0.2, 0.25) is 0 Å². The van der Waals surface area contributed by atoms with Crippen molar-refractivity contribution >= 4 is 11.4 Å². The largest absolute Gasteiger partial charge is 0.388 e. The molecule has 1 heterocycles. The molecule has 2 nitrogen and oxygen atoms in total. The van der Waals surface area contributed by atoms with Crippen molar-refractivity contribution in [3.8, 4) is 0 Å². The predicted octanol–water partition coefficient (Wildman–Crippen LogP) is 3.02. The van der Waals surface area contributed by atoms with Crippen LogP contribution in [0.25, 0.3) is 0 Å². The summed E-state index contributed by atoms with van der Waals surface area (Å²) in [5.41, 5.74) is 4.22. The third-order valence-electron chi connectivity index (χ3n) is 3.02. The third-order valence-corrected chi connectivity index (χ3v) is 3.02. The van der Waals surface area contributed by atoms with Crippen molar-refractivity contribution in [2.45, 2.75) is 12.5 Å². The van der Waals surface area contributed by atoms with Gasteiger partial charge in [-0.3, -0.25) is 0 Å². The van der Waals surface area contributed by atoms with E-state index in [-0.39, 0.29) is 0 Å². The minimum absolute atomic E-state index is 0.424. The van der Waals surface area contributed by atoms with Crippen LogP contribution in [0.5, 0.6) is 0 Å². The summed E-state index contributed by atoms with van der Waals surface area (Å²) in [6.45, 7) is 0. The molecule has 2 N–H and O–H groups in total. The average Bonchev–Trinajstić information content (AvgIpc) is 2.45. The molecule has 0 saturated heterocycles. The van der Waals surface area contributed by atoms with Gasteiger partial charge >= 0.3 is 0 Å². The molecule has 16 heavy (non-hydrogen) atoms. The summed E-state index contributed by atoms with van der Waals surface area (Å²) in [4.78, 5) is 0. The maximum absolute atomic E-state index is 10.1. The van der Waals surface area contributed by atoms with Crippen molar-refractivity contribution in [3.05, 3.63) is 59.7 Å². The first-order chi connectivity index (χ1) is 7.84. The smallest absolute Gasteiger partial charge is 0.0851 e. The van der Waals surface area contributed by atoms with E-state index in [2.05, 4.69) is 11.4 Å². The molecule has 2 aromatic rings. The highest BCUT2D eigenvalue weighted by Gasteiger charge is 2.18. The fourth-order valence-corrected chi connectivity index (χ4v) is 2.19. The number of hydrogen-bond donors (Lipinski definition) is 2. The molecule has 1 aliphatic heterocycles. The van der Waals surface area contributed by atoms with Crippen molar-refractivity contribution < 1.29 is 5.11 Å². The van der Waals surface area contributed by atoms with E-state index >= 15 is 0 Å². The number of nitrogens with one attached hydrogen (secondary N) is 1. The van der Waals surface area contributed by atoms with E-state index in [0.717, 1.165) is 22.5 Å². The van der Waals surface area contributed by atoms with Gasteiger partial charge in [-0.2, -0.15) is 0 Å². The molecule has 0 amide bonds. The van der Waals surface area contributed by atoms with Crippen LogP contribution in [-0.4, -0.2) is 5.11 Å². The van der Waals surface area contributed by atoms with Gasteiger partial charge < -0.3 is 10.4 Å². The maximum atomic E-state index is 10.1. The number of benzene rings is 2. The summed E-state index contributed by atoms with van der Waals surface area (Å²) in [6.07, 6.45) is 0.243. The van der Waals surface area contributed by atoms with Gasteiger partial charge in [-0.15, -0.1) is 0 Å². The van der Waals surface area contributed by atoms with Gasteiger partial charge in [-0.25, -0.2) is 0 Å². The molecule has 80 valence electrons. The summed E-state index contributed by atoms with van der Waals surface area (Å²) in [7, 11) is 0. The van der Waals surface area contributed by atoms with Crippen LogP contribution in [0.15, 0.2) is 48.5 Å². The average molecular weight is 211 g/mol. The van der Waals surface area contributed by atoms with E-state index in [1.54, 1.807) is 0 Å². The van der Waals surface area contributed by atoms with Crippen molar-refractivity contribution in [1.82, 2.24) is 0 Å². The second-order valence-corrected chi connectivity index (χ2v) is 4.09. The number of aliphatic hydroxyl groups excluding tert-OH is 1. The molecule has 1 aliphatic rings. The lowest BCUT2D eigenvalue weighted by Gasteiger charge is -2.10. The monoisotopic (exact) mass is 211 g/mol. The van der Waals surface area contributed by atoms with Crippen molar-refractivity contribution in [3.63, 3.8) is 0 Å². The molecular formula is C14H13NO. The van der Waals surface area contributed by atoms with Gasteiger partial charge in [-0.05, 0) is 17.7 Å². The molecule has 1 unspecified atom stereocenters.